The Balaban J connectivity index is 1.65. The molecule has 190 valence electrons. The molecule has 1 saturated heterocycles. The first-order valence-corrected chi connectivity index (χ1v) is 13.6. The fourth-order valence-corrected chi connectivity index (χ4v) is 4.49. The van der Waals surface area contributed by atoms with Crippen molar-refractivity contribution in [3.05, 3.63) is 59.9 Å². The second-order valence-electron chi connectivity index (χ2n) is 8.95. The summed E-state index contributed by atoms with van der Waals surface area (Å²) in [5.74, 6) is 0.155. The van der Waals surface area contributed by atoms with E-state index in [1.807, 2.05) is 39.0 Å². The van der Waals surface area contributed by atoms with Crippen molar-refractivity contribution in [2.45, 2.75) is 31.9 Å². The number of amides is 1. The van der Waals surface area contributed by atoms with Crippen molar-refractivity contribution in [3.8, 4) is 17.0 Å². The fraction of sp³-hybridized carbons (Fsp3) is 0.346. The SMILES string of the molecule is Cc1ccc(NC(=O)c2ccnc(S(C)(=O)=O)c2)cc1-c1cnc(OC(C)C)c(N2CCOCC2)c1. The first kappa shape index (κ1) is 25.6. The molecule has 0 spiro atoms. The smallest absolute Gasteiger partial charge is 0.255 e. The molecule has 4 rings (SSSR count). The van der Waals surface area contributed by atoms with Crippen LogP contribution >= 0.6 is 0 Å². The van der Waals surface area contributed by atoms with Gasteiger partial charge in [-0.3, -0.25) is 4.79 Å². The van der Waals surface area contributed by atoms with E-state index in [2.05, 4.69) is 26.3 Å². The van der Waals surface area contributed by atoms with Crippen molar-refractivity contribution in [2.75, 3.05) is 42.8 Å². The zero-order valence-corrected chi connectivity index (χ0v) is 21.6. The Kier molecular flexibility index (Phi) is 7.56. The van der Waals surface area contributed by atoms with Gasteiger partial charge in [-0.1, -0.05) is 6.07 Å². The number of carbonyl (C=O) groups excluding carboxylic acids is 1. The van der Waals surface area contributed by atoms with Crippen LogP contribution in [0.5, 0.6) is 5.88 Å². The summed E-state index contributed by atoms with van der Waals surface area (Å²) < 4.78 is 35.1. The summed E-state index contributed by atoms with van der Waals surface area (Å²) in [6, 6.07) is 10.4. The highest BCUT2D eigenvalue weighted by molar-refractivity contribution is 7.90. The number of ether oxygens (including phenoxy) is 2. The minimum absolute atomic E-state index is 0.0141. The van der Waals surface area contributed by atoms with Gasteiger partial charge in [-0.25, -0.2) is 18.4 Å². The average molecular weight is 511 g/mol. The number of anilines is 2. The number of sulfone groups is 1. The summed E-state index contributed by atoms with van der Waals surface area (Å²) in [7, 11) is -3.52. The molecule has 36 heavy (non-hydrogen) atoms. The molecule has 10 heteroatoms. The number of morpholine rings is 1. The molecule has 1 N–H and O–H groups in total. The number of aryl methyl sites for hydroxylation is 1. The third kappa shape index (κ3) is 6.00. The molecule has 3 aromatic rings. The Morgan fingerprint density at radius 1 is 1.11 bits per heavy atom. The van der Waals surface area contributed by atoms with Gasteiger partial charge in [0.25, 0.3) is 5.91 Å². The van der Waals surface area contributed by atoms with Crippen LogP contribution in [0.2, 0.25) is 0 Å². The second-order valence-corrected chi connectivity index (χ2v) is 10.9. The number of hydrogen-bond acceptors (Lipinski definition) is 8. The maximum Gasteiger partial charge on any atom is 0.255 e. The van der Waals surface area contributed by atoms with Crippen LogP contribution in [0.1, 0.15) is 29.8 Å². The first-order chi connectivity index (χ1) is 17.1. The van der Waals surface area contributed by atoms with E-state index in [4.69, 9.17) is 9.47 Å². The number of benzene rings is 1. The van der Waals surface area contributed by atoms with Gasteiger partial charge in [0.2, 0.25) is 5.88 Å². The molecule has 3 heterocycles. The second kappa shape index (κ2) is 10.6. The summed E-state index contributed by atoms with van der Waals surface area (Å²) in [4.78, 5) is 23.5. The summed E-state index contributed by atoms with van der Waals surface area (Å²) in [6.45, 7) is 8.71. The highest BCUT2D eigenvalue weighted by Crippen LogP contribution is 2.34. The lowest BCUT2D eigenvalue weighted by Crippen LogP contribution is -2.36. The van der Waals surface area contributed by atoms with Crippen molar-refractivity contribution >= 4 is 27.1 Å². The maximum absolute atomic E-state index is 12.9. The molecule has 0 aliphatic carbocycles. The van der Waals surface area contributed by atoms with Gasteiger partial charge in [0.15, 0.2) is 14.9 Å². The van der Waals surface area contributed by atoms with E-state index in [1.54, 1.807) is 6.20 Å². The zero-order chi connectivity index (χ0) is 25.9. The van der Waals surface area contributed by atoms with E-state index in [0.717, 1.165) is 41.7 Å². The maximum atomic E-state index is 12.9. The average Bonchev–Trinajstić information content (AvgIpc) is 2.85. The van der Waals surface area contributed by atoms with E-state index in [1.165, 1.54) is 18.3 Å². The fourth-order valence-electron chi connectivity index (χ4n) is 3.90. The van der Waals surface area contributed by atoms with Crippen LogP contribution in [0.15, 0.2) is 53.8 Å². The van der Waals surface area contributed by atoms with Crippen LogP contribution in [0.25, 0.3) is 11.1 Å². The minimum Gasteiger partial charge on any atom is -0.473 e. The molecule has 1 amide bonds. The lowest BCUT2D eigenvalue weighted by Gasteiger charge is -2.30. The van der Waals surface area contributed by atoms with Gasteiger partial charge in [-0.15, -0.1) is 0 Å². The number of nitrogens with one attached hydrogen (secondary N) is 1. The minimum atomic E-state index is -3.52. The molecule has 2 aromatic heterocycles. The Hall–Kier alpha value is -3.50. The van der Waals surface area contributed by atoms with Crippen LogP contribution in [-0.2, 0) is 14.6 Å². The van der Waals surface area contributed by atoms with Gasteiger partial charge in [0, 0.05) is 48.6 Å². The molecule has 0 atom stereocenters. The monoisotopic (exact) mass is 510 g/mol. The third-order valence-corrected chi connectivity index (χ3v) is 6.70. The van der Waals surface area contributed by atoms with E-state index < -0.39 is 15.7 Å². The topological polar surface area (TPSA) is 111 Å². The molecule has 0 radical (unpaired) electrons. The lowest BCUT2D eigenvalue weighted by molar-refractivity contribution is 0.102. The van der Waals surface area contributed by atoms with E-state index in [0.29, 0.717) is 24.8 Å². The number of nitrogens with zero attached hydrogens (tertiary/aromatic N) is 3. The van der Waals surface area contributed by atoms with Gasteiger partial charge >= 0.3 is 0 Å². The number of carbonyl (C=O) groups is 1. The van der Waals surface area contributed by atoms with Gasteiger partial charge in [-0.2, -0.15) is 0 Å². The molecule has 0 saturated carbocycles. The molecule has 1 aliphatic rings. The van der Waals surface area contributed by atoms with Crippen molar-refractivity contribution in [3.63, 3.8) is 0 Å². The molecule has 0 bridgehead atoms. The summed E-state index contributed by atoms with van der Waals surface area (Å²) in [6.07, 6.45) is 4.13. The van der Waals surface area contributed by atoms with Gasteiger partial charge in [0.05, 0.1) is 19.3 Å². The van der Waals surface area contributed by atoms with Gasteiger partial charge in [0.1, 0.15) is 5.69 Å². The van der Waals surface area contributed by atoms with Gasteiger partial charge in [-0.05, 0) is 62.2 Å². The molecular weight excluding hydrogens is 480 g/mol. The molecular formula is C26H30N4O5S. The highest BCUT2D eigenvalue weighted by atomic mass is 32.2. The van der Waals surface area contributed by atoms with Crippen molar-refractivity contribution in [1.29, 1.82) is 0 Å². The number of rotatable bonds is 7. The van der Waals surface area contributed by atoms with Crippen LogP contribution in [0, 0.1) is 6.92 Å². The summed E-state index contributed by atoms with van der Waals surface area (Å²) in [5.41, 5.74) is 4.52. The standard InChI is InChI=1S/C26H30N4O5S/c1-17(2)35-26-23(30-9-11-34-12-10-30)13-20(16-28-26)22-15-21(6-5-18(22)3)29-25(31)19-7-8-27-24(14-19)36(4,32)33/h5-8,13-17H,9-12H2,1-4H3,(H,29,31). The molecule has 1 fully saturated rings. The van der Waals surface area contributed by atoms with Crippen LogP contribution in [-0.4, -0.2) is 63.0 Å². The number of aromatic nitrogens is 2. The van der Waals surface area contributed by atoms with Crippen molar-refractivity contribution < 1.29 is 22.7 Å². The van der Waals surface area contributed by atoms with E-state index in [-0.39, 0.29) is 16.7 Å². The quantitative estimate of drug-likeness (QED) is 0.512. The Bertz CT molecular complexity index is 1370. The zero-order valence-electron chi connectivity index (χ0n) is 20.8. The summed E-state index contributed by atoms with van der Waals surface area (Å²) >= 11 is 0. The number of pyridine rings is 2. The van der Waals surface area contributed by atoms with Crippen molar-refractivity contribution in [2.24, 2.45) is 0 Å². The molecule has 1 aliphatic heterocycles. The normalized spacial score (nSPS) is 14.1. The predicted octanol–water partition coefficient (Wildman–Crippen LogP) is 3.73. The van der Waals surface area contributed by atoms with Crippen LogP contribution in [0.3, 0.4) is 0 Å². The Labute approximate surface area is 211 Å². The van der Waals surface area contributed by atoms with Crippen LogP contribution in [0.4, 0.5) is 11.4 Å². The largest absolute Gasteiger partial charge is 0.473 e. The lowest BCUT2D eigenvalue weighted by atomic mass is 10.0. The Morgan fingerprint density at radius 3 is 2.56 bits per heavy atom. The first-order valence-electron chi connectivity index (χ1n) is 11.7. The van der Waals surface area contributed by atoms with E-state index >= 15 is 0 Å². The molecule has 9 nitrogen and oxygen atoms in total. The predicted molar refractivity (Wildman–Crippen MR) is 139 cm³/mol. The van der Waals surface area contributed by atoms with Gasteiger partial charge < -0.3 is 19.7 Å². The summed E-state index contributed by atoms with van der Waals surface area (Å²) in [5, 5.41) is 2.71. The van der Waals surface area contributed by atoms with Crippen molar-refractivity contribution in [1.82, 2.24) is 9.97 Å². The highest BCUT2D eigenvalue weighted by Gasteiger charge is 2.20. The van der Waals surface area contributed by atoms with E-state index in [9.17, 15) is 13.2 Å². The number of hydrogen-bond donors (Lipinski definition) is 1. The molecule has 0 unspecified atom stereocenters. The van der Waals surface area contributed by atoms with Crippen LogP contribution < -0.4 is 15.0 Å². The Morgan fingerprint density at radius 2 is 1.86 bits per heavy atom. The third-order valence-electron chi connectivity index (χ3n) is 5.71. The molecule has 1 aromatic carbocycles.